The molecule has 3 aromatic rings. The second-order valence-corrected chi connectivity index (χ2v) is 8.05. The van der Waals surface area contributed by atoms with Gasteiger partial charge in [0.15, 0.2) is 5.82 Å². The highest BCUT2D eigenvalue weighted by molar-refractivity contribution is 5.90. The van der Waals surface area contributed by atoms with Gasteiger partial charge in [-0.05, 0) is 25.8 Å². The predicted octanol–water partition coefficient (Wildman–Crippen LogP) is 2.14. The number of piperazine rings is 1. The van der Waals surface area contributed by atoms with Crippen molar-refractivity contribution < 1.29 is 4.74 Å². The van der Waals surface area contributed by atoms with Crippen LogP contribution in [0.4, 0.5) is 17.6 Å². The largest absolute Gasteiger partial charge is 0.380 e. The van der Waals surface area contributed by atoms with Gasteiger partial charge < -0.3 is 20.3 Å². The van der Waals surface area contributed by atoms with E-state index < -0.39 is 0 Å². The molecule has 1 saturated heterocycles. The second-order valence-electron chi connectivity index (χ2n) is 8.05. The molecule has 166 valence electrons. The summed E-state index contributed by atoms with van der Waals surface area (Å²) in [4.78, 5) is 20.4. The molecule has 0 radical (unpaired) electrons. The van der Waals surface area contributed by atoms with E-state index in [9.17, 15) is 0 Å². The molecule has 1 aliphatic rings. The Hall–Kier alpha value is -2.85. The zero-order chi connectivity index (χ0) is 21.8. The fourth-order valence-corrected chi connectivity index (χ4v) is 3.80. The molecule has 1 atom stereocenters. The van der Waals surface area contributed by atoms with E-state index in [1.165, 1.54) is 6.33 Å². The van der Waals surface area contributed by atoms with Crippen molar-refractivity contribution in [2.45, 2.75) is 40.3 Å². The van der Waals surface area contributed by atoms with Crippen LogP contribution in [-0.4, -0.2) is 68.6 Å². The van der Waals surface area contributed by atoms with E-state index in [2.05, 4.69) is 39.3 Å². The first-order chi connectivity index (χ1) is 15.1. The topological polar surface area (TPSA) is 106 Å². The van der Waals surface area contributed by atoms with Crippen molar-refractivity contribution in [3.8, 4) is 0 Å². The highest BCUT2D eigenvalue weighted by Gasteiger charge is 2.26. The molecule has 0 aliphatic carbocycles. The summed E-state index contributed by atoms with van der Waals surface area (Å²) in [6.45, 7) is 13.0. The van der Waals surface area contributed by atoms with Crippen LogP contribution in [0, 0.1) is 12.8 Å². The fourth-order valence-electron chi connectivity index (χ4n) is 3.80. The minimum Gasteiger partial charge on any atom is -0.380 e. The molecule has 0 unspecified atom stereocenters. The molecule has 10 heteroatoms. The summed E-state index contributed by atoms with van der Waals surface area (Å²) in [5, 5.41) is 11.7. The number of nitrogens with one attached hydrogen (secondary N) is 2. The normalized spacial score (nSPS) is 16.9. The number of nitrogens with zero attached hydrogens (tertiary/aromatic N) is 7. The van der Waals surface area contributed by atoms with Gasteiger partial charge in [0.25, 0.3) is 0 Å². The van der Waals surface area contributed by atoms with Gasteiger partial charge in [-0.25, -0.2) is 15.0 Å². The average Bonchev–Trinajstić information content (AvgIpc) is 3.10. The number of hydrogen-bond donors (Lipinski definition) is 2. The average molecular weight is 426 g/mol. The number of fused-ring (bicyclic) bond motifs is 1. The van der Waals surface area contributed by atoms with E-state index in [0.29, 0.717) is 49.3 Å². The Bertz CT molecular complexity index is 1010. The maximum atomic E-state index is 5.55. The molecule has 10 nitrogen and oxygen atoms in total. The van der Waals surface area contributed by atoms with Crippen molar-refractivity contribution in [3.63, 3.8) is 0 Å². The summed E-state index contributed by atoms with van der Waals surface area (Å²) in [7, 11) is 0. The Balaban J connectivity index is 1.75. The predicted molar refractivity (Wildman–Crippen MR) is 121 cm³/mol. The van der Waals surface area contributed by atoms with E-state index in [0.717, 1.165) is 36.4 Å². The van der Waals surface area contributed by atoms with Gasteiger partial charge in [-0.1, -0.05) is 13.8 Å². The summed E-state index contributed by atoms with van der Waals surface area (Å²) < 4.78 is 7.47. The van der Waals surface area contributed by atoms with Crippen LogP contribution in [0.3, 0.4) is 0 Å². The number of rotatable bonds is 8. The van der Waals surface area contributed by atoms with Crippen LogP contribution in [0.1, 0.15) is 26.5 Å². The Labute approximate surface area is 182 Å². The summed E-state index contributed by atoms with van der Waals surface area (Å²) in [6, 6.07) is 2.22. The monoisotopic (exact) mass is 425 g/mol. The van der Waals surface area contributed by atoms with Gasteiger partial charge >= 0.3 is 0 Å². The van der Waals surface area contributed by atoms with Crippen LogP contribution in [-0.2, 0) is 11.3 Å². The molecule has 0 amide bonds. The third-order valence-electron chi connectivity index (χ3n) is 5.52. The summed E-state index contributed by atoms with van der Waals surface area (Å²) in [6.07, 6.45) is 3.22. The molecule has 31 heavy (non-hydrogen) atoms. The lowest BCUT2D eigenvalue weighted by atomic mass is 10.0. The minimum atomic E-state index is 0.404. The van der Waals surface area contributed by atoms with Crippen LogP contribution in [0.15, 0.2) is 18.6 Å². The van der Waals surface area contributed by atoms with Crippen LogP contribution < -0.4 is 15.5 Å². The molecule has 4 rings (SSSR count). The van der Waals surface area contributed by atoms with Gasteiger partial charge in [-0.2, -0.15) is 10.1 Å². The van der Waals surface area contributed by atoms with Crippen molar-refractivity contribution in [2.24, 2.45) is 5.92 Å². The van der Waals surface area contributed by atoms with Gasteiger partial charge in [0.05, 0.1) is 18.8 Å². The fraction of sp³-hybridized carbons (Fsp3) is 0.571. The van der Waals surface area contributed by atoms with E-state index in [4.69, 9.17) is 19.8 Å². The molecular formula is C21H31N9O. The van der Waals surface area contributed by atoms with Gasteiger partial charge in [0, 0.05) is 38.5 Å². The number of hydrogen-bond acceptors (Lipinski definition) is 9. The minimum absolute atomic E-state index is 0.404. The molecule has 0 saturated carbocycles. The van der Waals surface area contributed by atoms with Crippen LogP contribution in [0.2, 0.25) is 0 Å². The number of aryl methyl sites for hydroxylation is 1. The quantitative estimate of drug-likeness (QED) is 0.525. The van der Waals surface area contributed by atoms with Gasteiger partial charge in [0.1, 0.15) is 23.2 Å². The first-order valence-corrected chi connectivity index (χ1v) is 10.9. The molecule has 4 heterocycles. The van der Waals surface area contributed by atoms with E-state index >= 15 is 0 Å². The Morgan fingerprint density at radius 2 is 2.19 bits per heavy atom. The maximum absolute atomic E-state index is 5.55. The van der Waals surface area contributed by atoms with Crippen LogP contribution in [0.5, 0.6) is 0 Å². The van der Waals surface area contributed by atoms with Gasteiger partial charge in [-0.15, -0.1) is 0 Å². The van der Waals surface area contributed by atoms with Crippen molar-refractivity contribution in [3.05, 3.63) is 24.3 Å². The van der Waals surface area contributed by atoms with Crippen molar-refractivity contribution in [1.29, 1.82) is 0 Å². The molecule has 1 aliphatic heterocycles. The molecular weight excluding hydrogens is 394 g/mol. The number of aromatic nitrogens is 6. The van der Waals surface area contributed by atoms with E-state index in [-0.39, 0.29) is 0 Å². The van der Waals surface area contributed by atoms with Crippen LogP contribution >= 0.6 is 0 Å². The highest BCUT2D eigenvalue weighted by atomic mass is 16.5. The second kappa shape index (κ2) is 9.52. The lowest BCUT2D eigenvalue weighted by Crippen LogP contribution is -2.53. The van der Waals surface area contributed by atoms with E-state index in [1.807, 2.05) is 24.6 Å². The maximum Gasteiger partial charge on any atom is 0.228 e. The molecule has 0 spiro atoms. The SMILES string of the molecule is CCOCCn1nc(C)c2nc(N3CCN[C@@H](C(C)C)C3)nc(Nc3ccncn3)c21. The molecule has 3 aromatic heterocycles. The molecule has 0 bridgehead atoms. The lowest BCUT2D eigenvalue weighted by Gasteiger charge is -2.35. The first-order valence-electron chi connectivity index (χ1n) is 10.9. The Morgan fingerprint density at radius 3 is 2.94 bits per heavy atom. The molecule has 2 N–H and O–H groups in total. The van der Waals surface area contributed by atoms with Crippen molar-refractivity contribution in [2.75, 3.05) is 43.1 Å². The first kappa shape index (κ1) is 21.4. The summed E-state index contributed by atoms with van der Waals surface area (Å²) >= 11 is 0. The third kappa shape index (κ3) is 4.75. The van der Waals surface area contributed by atoms with Crippen molar-refractivity contribution >= 4 is 28.6 Å². The van der Waals surface area contributed by atoms with E-state index in [1.54, 1.807) is 6.20 Å². The summed E-state index contributed by atoms with van der Waals surface area (Å²) in [5.74, 6) is 2.61. The van der Waals surface area contributed by atoms with Crippen molar-refractivity contribution in [1.82, 2.24) is 35.0 Å². The smallest absolute Gasteiger partial charge is 0.228 e. The molecule has 1 fully saturated rings. The zero-order valence-corrected chi connectivity index (χ0v) is 18.7. The Kier molecular flexibility index (Phi) is 6.57. The van der Waals surface area contributed by atoms with Crippen LogP contribution in [0.25, 0.3) is 11.0 Å². The summed E-state index contributed by atoms with van der Waals surface area (Å²) in [5.41, 5.74) is 2.57. The Morgan fingerprint density at radius 1 is 1.32 bits per heavy atom. The lowest BCUT2D eigenvalue weighted by molar-refractivity contribution is 0.137. The third-order valence-corrected chi connectivity index (χ3v) is 5.52. The number of ether oxygens (including phenoxy) is 1. The molecule has 0 aromatic carbocycles. The van der Waals surface area contributed by atoms with Gasteiger partial charge in [0.2, 0.25) is 5.95 Å². The highest BCUT2D eigenvalue weighted by Crippen LogP contribution is 2.28. The zero-order valence-electron chi connectivity index (χ0n) is 18.7. The standard InChI is InChI=1S/C21H31N9O/c1-5-31-11-10-30-19-18(15(4)28-30)26-21(29-9-8-23-16(12-29)14(2)3)27-20(19)25-17-6-7-22-13-24-17/h6-7,13-14,16,23H,5,8-12H2,1-4H3,(H,22,24,25,26,27)/t16-/m1/s1. The van der Waals surface area contributed by atoms with Gasteiger partial charge in [-0.3, -0.25) is 4.68 Å². The number of anilines is 3.